The minimum atomic E-state index is -0.869. The normalized spacial score (nSPS) is 10.3. The Morgan fingerprint density at radius 1 is 0.808 bits per heavy atom. The maximum absolute atomic E-state index is 10.5. The second-order valence-electron chi connectivity index (χ2n) is 5.79. The molecular formula is C22H20O4. The van der Waals surface area contributed by atoms with Crippen LogP contribution in [0.5, 0.6) is 11.5 Å². The molecule has 0 spiro atoms. The smallest absolute Gasteiger partial charge is 0.306 e. The average molecular weight is 348 g/mol. The molecule has 0 aliphatic heterocycles. The van der Waals surface area contributed by atoms with E-state index in [1.54, 1.807) is 0 Å². The summed E-state index contributed by atoms with van der Waals surface area (Å²) >= 11 is 0. The van der Waals surface area contributed by atoms with Crippen molar-refractivity contribution in [1.82, 2.24) is 0 Å². The predicted molar refractivity (Wildman–Crippen MR) is 100 cm³/mol. The van der Waals surface area contributed by atoms with E-state index in [1.807, 2.05) is 78.9 Å². The Labute approximate surface area is 152 Å². The largest absolute Gasteiger partial charge is 0.493 e. The van der Waals surface area contributed by atoms with Crippen LogP contribution in [0, 0.1) is 0 Å². The van der Waals surface area contributed by atoms with Crippen LogP contribution < -0.4 is 9.47 Å². The average Bonchev–Trinajstić information content (AvgIpc) is 2.68. The molecule has 0 saturated heterocycles. The quantitative estimate of drug-likeness (QED) is 0.636. The number of rotatable bonds is 8. The van der Waals surface area contributed by atoms with Crippen molar-refractivity contribution < 1.29 is 19.4 Å². The first-order valence-corrected chi connectivity index (χ1v) is 8.43. The van der Waals surface area contributed by atoms with Crippen LogP contribution in [0.1, 0.15) is 12.0 Å². The summed E-state index contributed by atoms with van der Waals surface area (Å²) in [6.45, 7) is 0.666. The molecule has 0 amide bonds. The van der Waals surface area contributed by atoms with Gasteiger partial charge in [-0.05, 0) is 29.3 Å². The van der Waals surface area contributed by atoms with E-state index >= 15 is 0 Å². The molecule has 0 bridgehead atoms. The Balaban J connectivity index is 1.69. The highest BCUT2D eigenvalue weighted by atomic mass is 16.5. The Morgan fingerprint density at radius 2 is 1.50 bits per heavy atom. The van der Waals surface area contributed by atoms with E-state index in [2.05, 4.69) is 0 Å². The van der Waals surface area contributed by atoms with Crippen LogP contribution in [0.15, 0.2) is 78.9 Å². The number of hydrogen-bond donors (Lipinski definition) is 1. The number of ether oxygens (including phenoxy) is 2. The van der Waals surface area contributed by atoms with Gasteiger partial charge in [-0.2, -0.15) is 0 Å². The van der Waals surface area contributed by atoms with Gasteiger partial charge in [0, 0.05) is 5.56 Å². The zero-order valence-electron chi connectivity index (χ0n) is 14.3. The molecule has 4 heteroatoms. The number of para-hydroxylation sites is 1. The molecule has 1 N–H and O–H groups in total. The number of carbonyl (C=O) groups is 1. The fourth-order valence-corrected chi connectivity index (χ4v) is 2.55. The van der Waals surface area contributed by atoms with Gasteiger partial charge in [0.25, 0.3) is 0 Å². The van der Waals surface area contributed by atoms with Crippen LogP contribution in [-0.4, -0.2) is 17.7 Å². The maximum atomic E-state index is 10.5. The van der Waals surface area contributed by atoms with Crippen LogP contribution in [0.2, 0.25) is 0 Å². The Kier molecular flexibility index (Phi) is 5.88. The lowest BCUT2D eigenvalue weighted by atomic mass is 10.0. The highest BCUT2D eigenvalue weighted by Crippen LogP contribution is 2.31. The molecule has 0 atom stereocenters. The summed E-state index contributed by atoms with van der Waals surface area (Å²) in [4.78, 5) is 10.5. The molecule has 26 heavy (non-hydrogen) atoms. The van der Waals surface area contributed by atoms with E-state index in [-0.39, 0.29) is 13.0 Å². The van der Waals surface area contributed by atoms with Crippen molar-refractivity contribution in [3.05, 3.63) is 84.4 Å². The molecule has 3 rings (SSSR count). The van der Waals surface area contributed by atoms with Gasteiger partial charge in [-0.15, -0.1) is 0 Å². The van der Waals surface area contributed by atoms with Crippen molar-refractivity contribution >= 4 is 5.97 Å². The molecule has 3 aromatic carbocycles. The first-order valence-electron chi connectivity index (χ1n) is 8.43. The second kappa shape index (κ2) is 8.72. The van der Waals surface area contributed by atoms with Gasteiger partial charge in [-0.25, -0.2) is 0 Å². The molecule has 0 saturated carbocycles. The Bertz CT molecular complexity index is 842. The van der Waals surface area contributed by atoms with E-state index in [9.17, 15) is 4.79 Å². The van der Waals surface area contributed by atoms with E-state index < -0.39 is 5.97 Å². The predicted octanol–water partition coefficient (Wildman–Crippen LogP) is 4.79. The lowest BCUT2D eigenvalue weighted by molar-refractivity contribution is -0.137. The topological polar surface area (TPSA) is 55.8 Å². The number of aliphatic carboxylic acids is 1. The second-order valence-corrected chi connectivity index (χ2v) is 5.79. The van der Waals surface area contributed by atoms with Gasteiger partial charge >= 0.3 is 5.97 Å². The molecular weight excluding hydrogens is 328 g/mol. The van der Waals surface area contributed by atoms with Crippen molar-refractivity contribution in [2.24, 2.45) is 0 Å². The minimum Gasteiger partial charge on any atom is -0.493 e. The zero-order chi connectivity index (χ0) is 18.2. The molecule has 0 aliphatic rings. The lowest BCUT2D eigenvalue weighted by Crippen LogP contribution is -2.04. The number of carboxylic acids is 1. The summed E-state index contributed by atoms with van der Waals surface area (Å²) in [7, 11) is 0. The van der Waals surface area contributed by atoms with Crippen molar-refractivity contribution in [1.29, 1.82) is 0 Å². The van der Waals surface area contributed by atoms with Gasteiger partial charge in [0.15, 0.2) is 0 Å². The zero-order valence-corrected chi connectivity index (χ0v) is 14.3. The fourth-order valence-electron chi connectivity index (χ4n) is 2.55. The summed E-state index contributed by atoms with van der Waals surface area (Å²) < 4.78 is 11.4. The summed E-state index contributed by atoms with van der Waals surface area (Å²) in [6, 6.07) is 25.5. The van der Waals surface area contributed by atoms with Crippen LogP contribution in [0.3, 0.4) is 0 Å². The van der Waals surface area contributed by atoms with Crippen molar-refractivity contribution in [3.63, 3.8) is 0 Å². The van der Waals surface area contributed by atoms with Gasteiger partial charge in [0.1, 0.15) is 18.1 Å². The first-order chi connectivity index (χ1) is 12.7. The van der Waals surface area contributed by atoms with Gasteiger partial charge in [-0.3, -0.25) is 4.79 Å². The summed E-state index contributed by atoms with van der Waals surface area (Å²) in [5.74, 6) is 0.597. The van der Waals surface area contributed by atoms with Gasteiger partial charge in [-0.1, -0.05) is 60.7 Å². The maximum Gasteiger partial charge on any atom is 0.306 e. The molecule has 132 valence electrons. The summed E-state index contributed by atoms with van der Waals surface area (Å²) in [6.07, 6.45) is -0.0160. The van der Waals surface area contributed by atoms with Crippen LogP contribution in [0.4, 0.5) is 0 Å². The van der Waals surface area contributed by atoms with Gasteiger partial charge < -0.3 is 14.6 Å². The fraction of sp³-hybridized carbons (Fsp3) is 0.136. The van der Waals surface area contributed by atoms with Gasteiger partial charge in [0.2, 0.25) is 0 Å². The van der Waals surface area contributed by atoms with E-state index in [1.165, 1.54) is 0 Å². The third kappa shape index (κ3) is 4.86. The number of carboxylic acid groups (broad SMARTS) is 1. The molecule has 0 radical (unpaired) electrons. The van der Waals surface area contributed by atoms with Crippen molar-refractivity contribution in [3.8, 4) is 22.6 Å². The van der Waals surface area contributed by atoms with E-state index in [4.69, 9.17) is 14.6 Å². The highest BCUT2D eigenvalue weighted by molar-refractivity contribution is 5.71. The minimum absolute atomic E-state index is 0.0160. The molecule has 4 nitrogen and oxygen atoms in total. The molecule has 0 unspecified atom stereocenters. The third-order valence-corrected chi connectivity index (χ3v) is 3.87. The molecule has 0 heterocycles. The monoisotopic (exact) mass is 348 g/mol. The summed E-state index contributed by atoms with van der Waals surface area (Å²) in [5.41, 5.74) is 3.13. The third-order valence-electron chi connectivity index (χ3n) is 3.87. The van der Waals surface area contributed by atoms with E-state index in [0.717, 1.165) is 22.4 Å². The van der Waals surface area contributed by atoms with Crippen molar-refractivity contribution in [2.75, 3.05) is 6.61 Å². The highest BCUT2D eigenvalue weighted by Gasteiger charge is 2.07. The number of hydrogen-bond acceptors (Lipinski definition) is 3. The molecule has 0 aromatic heterocycles. The Hall–Kier alpha value is -3.27. The molecule has 3 aromatic rings. The van der Waals surface area contributed by atoms with Crippen molar-refractivity contribution in [2.45, 2.75) is 13.0 Å². The first kappa shape index (κ1) is 17.5. The SMILES string of the molecule is O=C(O)CCOc1ccc(-c2ccccc2OCc2ccccc2)cc1. The van der Waals surface area contributed by atoms with Crippen LogP contribution in [0.25, 0.3) is 11.1 Å². The molecule has 0 fully saturated rings. The Morgan fingerprint density at radius 3 is 2.23 bits per heavy atom. The van der Waals surface area contributed by atoms with Crippen LogP contribution in [-0.2, 0) is 11.4 Å². The van der Waals surface area contributed by atoms with Gasteiger partial charge in [0.05, 0.1) is 13.0 Å². The summed E-state index contributed by atoms with van der Waals surface area (Å²) in [5, 5.41) is 8.65. The standard InChI is InChI=1S/C22H20O4/c23-22(24)14-15-25-19-12-10-18(11-13-19)20-8-4-5-9-21(20)26-16-17-6-2-1-3-7-17/h1-13H,14-16H2,(H,23,24). The lowest BCUT2D eigenvalue weighted by Gasteiger charge is -2.12. The van der Waals surface area contributed by atoms with E-state index in [0.29, 0.717) is 12.4 Å². The molecule has 0 aliphatic carbocycles. The number of benzene rings is 3. The van der Waals surface area contributed by atoms with Crippen LogP contribution >= 0.6 is 0 Å².